The van der Waals surface area contributed by atoms with Crippen LogP contribution in [0.25, 0.3) is 0 Å². The van der Waals surface area contributed by atoms with Crippen molar-refractivity contribution in [1.29, 1.82) is 0 Å². The van der Waals surface area contributed by atoms with Gasteiger partial charge in [0, 0.05) is 6.20 Å². The molecule has 0 saturated heterocycles. The van der Waals surface area contributed by atoms with Crippen molar-refractivity contribution < 1.29 is 0 Å². The van der Waals surface area contributed by atoms with E-state index in [0.717, 1.165) is 12.8 Å². The van der Waals surface area contributed by atoms with Crippen molar-refractivity contribution in [2.45, 2.75) is 25.4 Å². The zero-order valence-corrected chi connectivity index (χ0v) is 9.98. The van der Waals surface area contributed by atoms with E-state index < -0.39 is 5.66 Å². The highest BCUT2D eigenvalue weighted by Crippen LogP contribution is 2.17. The maximum absolute atomic E-state index is 6.14. The van der Waals surface area contributed by atoms with Gasteiger partial charge in [-0.3, -0.25) is 0 Å². The third-order valence-electron chi connectivity index (χ3n) is 2.83. The van der Waals surface area contributed by atoms with Crippen molar-refractivity contribution in [3.05, 3.63) is 47.7 Å². The van der Waals surface area contributed by atoms with E-state index in [-0.39, 0.29) is 0 Å². The van der Waals surface area contributed by atoms with E-state index in [4.69, 9.17) is 11.5 Å². The Kier molecular flexibility index (Phi) is 3.15. The maximum atomic E-state index is 6.14. The predicted molar refractivity (Wildman–Crippen MR) is 70.3 cm³/mol. The van der Waals surface area contributed by atoms with Crippen LogP contribution in [0.15, 0.2) is 41.5 Å². The molecule has 2 rings (SSSR count). The summed E-state index contributed by atoms with van der Waals surface area (Å²) in [5.41, 5.74) is 13.6. The summed E-state index contributed by atoms with van der Waals surface area (Å²) < 4.78 is 0. The van der Waals surface area contributed by atoms with Crippen LogP contribution in [0.4, 0.5) is 0 Å². The zero-order chi connectivity index (χ0) is 12.3. The van der Waals surface area contributed by atoms with Gasteiger partial charge in [0.25, 0.3) is 0 Å². The molecule has 0 bridgehead atoms. The van der Waals surface area contributed by atoms with E-state index in [1.54, 1.807) is 6.20 Å². The van der Waals surface area contributed by atoms with Crippen molar-refractivity contribution in [2.24, 2.45) is 16.5 Å². The Hall–Kier alpha value is -1.81. The predicted octanol–water partition coefficient (Wildman–Crippen LogP) is 1.01. The molecule has 1 aromatic carbocycles. The van der Waals surface area contributed by atoms with Gasteiger partial charge in [0.1, 0.15) is 5.66 Å². The zero-order valence-electron chi connectivity index (χ0n) is 9.98. The molecule has 4 nitrogen and oxygen atoms in total. The smallest absolute Gasteiger partial charge is 0.194 e. The standard InChI is InChI=1S/C13H18N4/c1-10-3-2-4-11(9-10)5-6-13(15)7-8-16-12(14)17-13/h2-4,7-9H,5-6,15H2,1H3,(H3,14,16,17). The van der Waals surface area contributed by atoms with Crippen LogP contribution >= 0.6 is 0 Å². The molecule has 0 aliphatic carbocycles. The average Bonchev–Trinajstić information content (AvgIpc) is 2.26. The molecule has 1 unspecified atom stereocenters. The van der Waals surface area contributed by atoms with Gasteiger partial charge >= 0.3 is 0 Å². The molecule has 0 aromatic heterocycles. The van der Waals surface area contributed by atoms with Gasteiger partial charge in [-0.05, 0) is 31.4 Å². The maximum Gasteiger partial charge on any atom is 0.194 e. The average molecular weight is 230 g/mol. The first-order valence-corrected chi connectivity index (χ1v) is 5.71. The summed E-state index contributed by atoms with van der Waals surface area (Å²) in [5.74, 6) is 0.374. The van der Waals surface area contributed by atoms with Gasteiger partial charge in [-0.15, -0.1) is 0 Å². The number of guanidine groups is 1. The Bertz CT molecular complexity index is 464. The molecule has 1 aliphatic heterocycles. The van der Waals surface area contributed by atoms with Gasteiger partial charge in [-0.25, -0.2) is 4.99 Å². The summed E-state index contributed by atoms with van der Waals surface area (Å²) in [5, 5.41) is 2.81. The van der Waals surface area contributed by atoms with Gasteiger partial charge in [-0.2, -0.15) is 0 Å². The monoisotopic (exact) mass is 230 g/mol. The van der Waals surface area contributed by atoms with Crippen molar-refractivity contribution >= 4 is 5.96 Å². The molecule has 1 atom stereocenters. The Morgan fingerprint density at radius 2 is 2.24 bits per heavy atom. The van der Waals surface area contributed by atoms with Crippen LogP contribution in [0, 0.1) is 6.92 Å². The Morgan fingerprint density at radius 1 is 1.41 bits per heavy atom. The molecule has 1 aromatic rings. The molecule has 17 heavy (non-hydrogen) atoms. The number of nitrogens with zero attached hydrogens (tertiary/aromatic N) is 1. The molecule has 0 spiro atoms. The minimum atomic E-state index is -0.681. The Morgan fingerprint density at radius 3 is 2.94 bits per heavy atom. The lowest BCUT2D eigenvalue weighted by Gasteiger charge is -2.25. The highest BCUT2D eigenvalue weighted by atomic mass is 15.2. The molecule has 4 heteroatoms. The Labute approximate surface area is 101 Å². The second kappa shape index (κ2) is 4.59. The normalized spacial score (nSPS) is 23.1. The molecule has 0 saturated carbocycles. The first kappa shape index (κ1) is 11.7. The van der Waals surface area contributed by atoms with E-state index in [2.05, 4.69) is 41.5 Å². The highest BCUT2D eigenvalue weighted by Gasteiger charge is 2.22. The fourth-order valence-electron chi connectivity index (χ4n) is 1.92. The number of hydrogen-bond donors (Lipinski definition) is 3. The van der Waals surface area contributed by atoms with Crippen LogP contribution in [-0.4, -0.2) is 11.6 Å². The van der Waals surface area contributed by atoms with E-state index >= 15 is 0 Å². The van der Waals surface area contributed by atoms with Crippen LogP contribution in [0.1, 0.15) is 17.5 Å². The summed E-state index contributed by atoms with van der Waals surface area (Å²) in [6.45, 7) is 2.09. The van der Waals surface area contributed by atoms with Gasteiger partial charge in [0.15, 0.2) is 5.96 Å². The molecule has 0 radical (unpaired) electrons. The number of rotatable bonds is 3. The van der Waals surface area contributed by atoms with Crippen LogP contribution in [0.3, 0.4) is 0 Å². The number of nitrogens with two attached hydrogens (primary N) is 2. The lowest BCUT2D eigenvalue weighted by atomic mass is 9.99. The summed E-state index contributed by atoms with van der Waals surface area (Å²) in [6, 6.07) is 8.42. The third-order valence-corrected chi connectivity index (χ3v) is 2.83. The topological polar surface area (TPSA) is 76.4 Å². The summed E-state index contributed by atoms with van der Waals surface area (Å²) in [6.07, 6.45) is 5.23. The van der Waals surface area contributed by atoms with E-state index in [0.29, 0.717) is 5.96 Å². The number of aryl methyl sites for hydroxylation is 2. The molecule has 0 amide bonds. The van der Waals surface area contributed by atoms with Crippen molar-refractivity contribution in [3.63, 3.8) is 0 Å². The highest BCUT2D eigenvalue weighted by molar-refractivity contribution is 5.80. The first-order valence-electron chi connectivity index (χ1n) is 5.71. The van der Waals surface area contributed by atoms with E-state index in [1.807, 2.05) is 6.08 Å². The second-order valence-electron chi connectivity index (χ2n) is 4.45. The fourth-order valence-corrected chi connectivity index (χ4v) is 1.92. The number of aliphatic imine (C=N–C) groups is 1. The largest absolute Gasteiger partial charge is 0.370 e. The number of nitrogens with one attached hydrogen (secondary N) is 1. The first-order chi connectivity index (χ1) is 8.07. The molecule has 1 heterocycles. The van der Waals surface area contributed by atoms with E-state index in [9.17, 15) is 0 Å². The quantitative estimate of drug-likeness (QED) is 0.725. The van der Waals surface area contributed by atoms with Crippen LogP contribution in [-0.2, 0) is 6.42 Å². The minimum absolute atomic E-state index is 0.374. The summed E-state index contributed by atoms with van der Waals surface area (Å²) in [4.78, 5) is 4.23. The van der Waals surface area contributed by atoms with Crippen LogP contribution in [0.5, 0.6) is 0 Å². The molecule has 5 N–H and O–H groups in total. The third kappa shape index (κ3) is 3.07. The molecule has 1 aliphatic rings. The summed E-state index contributed by atoms with van der Waals surface area (Å²) >= 11 is 0. The minimum Gasteiger partial charge on any atom is -0.370 e. The van der Waals surface area contributed by atoms with Gasteiger partial charge in [-0.1, -0.05) is 29.8 Å². The fraction of sp³-hybridized carbons (Fsp3) is 0.308. The van der Waals surface area contributed by atoms with Gasteiger partial charge in [0.05, 0.1) is 0 Å². The van der Waals surface area contributed by atoms with Crippen LogP contribution < -0.4 is 16.8 Å². The van der Waals surface area contributed by atoms with Crippen molar-refractivity contribution in [1.82, 2.24) is 5.32 Å². The van der Waals surface area contributed by atoms with Crippen LogP contribution in [0.2, 0.25) is 0 Å². The molecule has 90 valence electrons. The molecular formula is C13H18N4. The summed E-state index contributed by atoms with van der Waals surface area (Å²) in [7, 11) is 0. The number of benzene rings is 1. The van der Waals surface area contributed by atoms with E-state index in [1.165, 1.54) is 11.1 Å². The second-order valence-corrected chi connectivity index (χ2v) is 4.45. The van der Waals surface area contributed by atoms with Gasteiger partial charge in [0.2, 0.25) is 0 Å². The van der Waals surface area contributed by atoms with Crippen molar-refractivity contribution in [2.75, 3.05) is 0 Å². The van der Waals surface area contributed by atoms with Crippen molar-refractivity contribution in [3.8, 4) is 0 Å². The SMILES string of the molecule is Cc1cccc(CCC2(N)C=CNC(N)=N2)c1. The molecule has 0 fully saturated rings. The number of hydrogen-bond acceptors (Lipinski definition) is 4. The molecular weight excluding hydrogens is 212 g/mol. The van der Waals surface area contributed by atoms with Gasteiger partial charge < -0.3 is 16.8 Å². The lowest BCUT2D eigenvalue weighted by molar-refractivity contribution is 0.500. The lowest BCUT2D eigenvalue weighted by Crippen LogP contribution is -2.44. The Balaban J connectivity index is 2.03.